The summed E-state index contributed by atoms with van der Waals surface area (Å²) in [7, 11) is 0. The number of hydrogen-bond acceptors (Lipinski definition) is 7. The van der Waals surface area contributed by atoms with Gasteiger partial charge in [-0.15, -0.1) is 0 Å². The lowest BCUT2D eigenvalue weighted by Crippen LogP contribution is -2.44. The minimum atomic E-state index is -4.34. The molecule has 0 spiro atoms. The number of aromatic nitrogens is 4. The van der Waals surface area contributed by atoms with Crippen LogP contribution in [-0.4, -0.2) is 52.5 Å². The number of alkyl halides is 3. The van der Waals surface area contributed by atoms with Crippen LogP contribution in [-0.2, 0) is 4.74 Å². The molecule has 0 aliphatic carbocycles. The average Bonchev–Trinajstić information content (AvgIpc) is 2.78. The van der Waals surface area contributed by atoms with Gasteiger partial charge < -0.3 is 14.2 Å². The number of ether oxygens (including phenoxy) is 3. The van der Waals surface area contributed by atoms with E-state index in [4.69, 9.17) is 9.47 Å². The van der Waals surface area contributed by atoms with Gasteiger partial charge in [0.1, 0.15) is 11.6 Å². The van der Waals surface area contributed by atoms with E-state index in [2.05, 4.69) is 31.6 Å². The summed E-state index contributed by atoms with van der Waals surface area (Å²) < 4.78 is 50.7. The molecule has 3 rings (SSSR count). The van der Waals surface area contributed by atoms with Crippen LogP contribution in [0.3, 0.4) is 0 Å². The van der Waals surface area contributed by atoms with Gasteiger partial charge in [0.15, 0.2) is 6.61 Å². The fraction of sp³-hybridized carbons (Fsp3) is 0.652. The molecule has 188 valence electrons. The van der Waals surface area contributed by atoms with Crippen molar-refractivity contribution in [2.24, 2.45) is 5.41 Å². The van der Waals surface area contributed by atoms with Crippen molar-refractivity contribution in [1.82, 2.24) is 19.9 Å². The topological polar surface area (TPSA) is 79.3 Å². The van der Waals surface area contributed by atoms with Gasteiger partial charge in [0, 0.05) is 35.9 Å². The number of rotatable bonds is 6. The lowest BCUT2D eigenvalue weighted by Gasteiger charge is -2.37. The van der Waals surface area contributed by atoms with Crippen molar-refractivity contribution in [3.63, 3.8) is 0 Å². The third-order valence-corrected chi connectivity index (χ3v) is 3.77. The first-order chi connectivity index (χ1) is 15.6. The average molecular weight is 475 g/mol. The predicted molar refractivity (Wildman–Crippen MR) is 122 cm³/mol. The summed E-state index contributed by atoms with van der Waals surface area (Å²) in [6, 6.07) is 3.08. The molecule has 0 amide bonds. The summed E-state index contributed by atoms with van der Waals surface area (Å²) in [5.74, 6) is 1.85. The zero-order chi connectivity index (χ0) is 25.5. The Morgan fingerprint density at radius 1 is 0.970 bits per heavy atom. The molecule has 7 nitrogen and oxygen atoms in total. The van der Waals surface area contributed by atoms with Gasteiger partial charge in [-0.1, -0.05) is 48.5 Å². The molecule has 3 heterocycles. The minimum absolute atomic E-state index is 0.0500. The van der Waals surface area contributed by atoms with Crippen molar-refractivity contribution in [2.45, 2.75) is 67.5 Å². The molecule has 0 atom stereocenters. The smallest absolute Gasteiger partial charge is 0.422 e. The van der Waals surface area contributed by atoms with Crippen molar-refractivity contribution in [1.29, 1.82) is 0 Å². The van der Waals surface area contributed by atoms with Crippen LogP contribution in [0.25, 0.3) is 0 Å². The number of nitrogens with zero attached hydrogens (tertiary/aromatic N) is 4. The molecule has 0 bridgehead atoms. The molecule has 0 saturated carbocycles. The van der Waals surface area contributed by atoms with Crippen LogP contribution in [0.15, 0.2) is 24.5 Å². The Balaban J connectivity index is 0.000000540. The lowest BCUT2D eigenvalue weighted by atomic mass is 9.90. The lowest BCUT2D eigenvalue weighted by molar-refractivity contribution is -0.154. The highest BCUT2D eigenvalue weighted by molar-refractivity contribution is 5.10. The number of hydrogen-bond donors (Lipinski definition) is 0. The second kappa shape index (κ2) is 15.4. The molecule has 1 aliphatic heterocycles. The van der Waals surface area contributed by atoms with Crippen LogP contribution >= 0.6 is 0 Å². The van der Waals surface area contributed by atoms with Gasteiger partial charge >= 0.3 is 6.18 Å². The standard InChI is InChI=1S/C10H14N2O2.C9H11F3N2O.2C2H6/c1-8-11-4-3-9(12-8)14-7-10(2)5-13-6-10;1-6(2)8-13-4-3-7(14-8)15-5-9(10,11)12;2*1-2/h3-4H,5-7H2,1-2H3;3-4,6H,5H2,1-2H3;2*1-2H3. The minimum Gasteiger partial charge on any atom is -0.477 e. The van der Waals surface area contributed by atoms with E-state index in [1.165, 1.54) is 12.3 Å². The molecule has 0 aromatic carbocycles. The third-order valence-electron chi connectivity index (χ3n) is 3.77. The van der Waals surface area contributed by atoms with E-state index < -0.39 is 12.8 Å². The molecule has 1 saturated heterocycles. The van der Waals surface area contributed by atoms with E-state index in [1.54, 1.807) is 12.3 Å². The summed E-state index contributed by atoms with van der Waals surface area (Å²) in [5.41, 5.74) is 0.166. The molecule has 0 radical (unpaired) electrons. The van der Waals surface area contributed by atoms with E-state index in [9.17, 15) is 13.2 Å². The van der Waals surface area contributed by atoms with E-state index in [0.29, 0.717) is 18.3 Å². The molecule has 33 heavy (non-hydrogen) atoms. The first-order valence-electron chi connectivity index (χ1n) is 11.1. The van der Waals surface area contributed by atoms with E-state index in [1.807, 2.05) is 48.5 Å². The van der Waals surface area contributed by atoms with E-state index in [-0.39, 0.29) is 17.2 Å². The maximum atomic E-state index is 11.8. The zero-order valence-electron chi connectivity index (χ0n) is 20.9. The first-order valence-corrected chi connectivity index (χ1v) is 11.1. The Morgan fingerprint density at radius 3 is 1.97 bits per heavy atom. The second-order valence-corrected chi connectivity index (χ2v) is 7.35. The molecule has 10 heteroatoms. The Labute approximate surface area is 195 Å². The molecule has 0 N–H and O–H groups in total. The highest BCUT2D eigenvalue weighted by Gasteiger charge is 2.34. The maximum Gasteiger partial charge on any atom is 0.422 e. The third kappa shape index (κ3) is 13.0. The van der Waals surface area contributed by atoms with Gasteiger partial charge in [-0.05, 0) is 6.92 Å². The van der Waals surface area contributed by atoms with Crippen LogP contribution in [0.4, 0.5) is 13.2 Å². The number of halogens is 3. The summed E-state index contributed by atoms with van der Waals surface area (Å²) in [6.07, 6.45) is -1.26. The SMILES string of the molecule is CC.CC.CC(C)c1nccc(OCC(F)(F)F)n1.Cc1nccc(OCC2(C)COC2)n1. The first kappa shape index (κ1) is 30.5. The summed E-state index contributed by atoms with van der Waals surface area (Å²) >= 11 is 0. The van der Waals surface area contributed by atoms with Crippen LogP contribution in [0.1, 0.15) is 66.0 Å². The second-order valence-electron chi connectivity index (χ2n) is 7.35. The quantitative estimate of drug-likeness (QED) is 0.524. The van der Waals surface area contributed by atoms with Crippen LogP contribution in [0.2, 0.25) is 0 Å². The summed E-state index contributed by atoms with van der Waals surface area (Å²) in [4.78, 5) is 15.9. The molecule has 2 aromatic rings. The van der Waals surface area contributed by atoms with Crippen molar-refractivity contribution in [2.75, 3.05) is 26.4 Å². The Hall–Kier alpha value is -2.49. The van der Waals surface area contributed by atoms with Crippen molar-refractivity contribution < 1.29 is 27.4 Å². The fourth-order valence-corrected chi connectivity index (χ4v) is 2.17. The maximum absolute atomic E-state index is 11.8. The molecule has 1 aliphatic rings. The van der Waals surface area contributed by atoms with Gasteiger partial charge in [0.25, 0.3) is 0 Å². The van der Waals surface area contributed by atoms with Crippen molar-refractivity contribution in [3.8, 4) is 11.8 Å². The van der Waals surface area contributed by atoms with E-state index in [0.717, 1.165) is 19.0 Å². The van der Waals surface area contributed by atoms with Gasteiger partial charge in [-0.2, -0.15) is 23.1 Å². The van der Waals surface area contributed by atoms with E-state index >= 15 is 0 Å². The molecule has 1 fully saturated rings. The monoisotopic (exact) mass is 474 g/mol. The molecule has 2 aromatic heterocycles. The Morgan fingerprint density at radius 2 is 1.52 bits per heavy atom. The van der Waals surface area contributed by atoms with Gasteiger partial charge in [0.05, 0.1) is 19.8 Å². The van der Waals surface area contributed by atoms with Crippen molar-refractivity contribution >= 4 is 0 Å². The van der Waals surface area contributed by atoms with Crippen LogP contribution in [0, 0.1) is 12.3 Å². The van der Waals surface area contributed by atoms with Crippen molar-refractivity contribution in [3.05, 3.63) is 36.2 Å². The molecular weight excluding hydrogens is 437 g/mol. The van der Waals surface area contributed by atoms with Crippen LogP contribution in [0.5, 0.6) is 11.8 Å². The molecule has 0 unspecified atom stereocenters. The molecular formula is C23H37F3N4O3. The highest BCUT2D eigenvalue weighted by Crippen LogP contribution is 2.27. The fourth-order valence-electron chi connectivity index (χ4n) is 2.17. The predicted octanol–water partition coefficient (Wildman–Crippen LogP) is 5.79. The summed E-state index contributed by atoms with van der Waals surface area (Å²) in [6.45, 7) is 16.6. The van der Waals surface area contributed by atoms with Gasteiger partial charge in [0.2, 0.25) is 11.8 Å². The highest BCUT2D eigenvalue weighted by atomic mass is 19.4. The van der Waals surface area contributed by atoms with Gasteiger partial charge in [-0.25, -0.2) is 9.97 Å². The van der Waals surface area contributed by atoms with Crippen LogP contribution < -0.4 is 9.47 Å². The normalized spacial score (nSPS) is 13.7. The Bertz CT molecular complexity index is 786. The largest absolute Gasteiger partial charge is 0.477 e. The number of aryl methyl sites for hydroxylation is 1. The Kier molecular flexibility index (Phi) is 14.2. The summed E-state index contributed by atoms with van der Waals surface area (Å²) in [5, 5.41) is 0. The van der Waals surface area contributed by atoms with Gasteiger partial charge in [-0.3, -0.25) is 0 Å². The zero-order valence-corrected chi connectivity index (χ0v) is 20.9.